The normalized spacial score (nSPS) is 37.0. The number of ether oxygens (including phenoxy) is 2. The van der Waals surface area contributed by atoms with E-state index >= 15 is 0 Å². The predicted molar refractivity (Wildman–Crippen MR) is 107 cm³/mol. The first-order chi connectivity index (χ1) is 12.7. The van der Waals surface area contributed by atoms with Gasteiger partial charge in [0, 0.05) is 26.0 Å². The molecule has 0 amide bonds. The van der Waals surface area contributed by atoms with Crippen LogP contribution in [0.25, 0.3) is 0 Å². The number of fused-ring (bicyclic) bond motifs is 3. The fourth-order valence-electron chi connectivity index (χ4n) is 5.51. The standard InChI is InChI=1S/C22H33BO4/c1-20(2)21(3,4)27-23(26-20)22-14-16(24-5)13-19(25-6)18(22)12-11-15-9-7-8-10-17(15)22/h7-10,16,18-19H,11-14H2,1-6H3/t16-,18+,19-,22+/m1/s1. The van der Waals surface area contributed by atoms with E-state index < -0.39 is 0 Å². The second-order valence-corrected chi connectivity index (χ2v) is 9.50. The summed E-state index contributed by atoms with van der Waals surface area (Å²) in [6.45, 7) is 8.55. The zero-order valence-electron chi connectivity index (χ0n) is 17.6. The van der Waals surface area contributed by atoms with Crippen LogP contribution in [0.1, 0.15) is 58.1 Å². The molecule has 0 aromatic heterocycles. The Balaban J connectivity index is 1.87. The molecule has 1 heterocycles. The van der Waals surface area contributed by atoms with Gasteiger partial charge in [0.25, 0.3) is 0 Å². The van der Waals surface area contributed by atoms with Crippen LogP contribution in [-0.4, -0.2) is 44.7 Å². The van der Waals surface area contributed by atoms with E-state index in [2.05, 4.69) is 52.0 Å². The van der Waals surface area contributed by atoms with Gasteiger partial charge in [0.2, 0.25) is 0 Å². The fourth-order valence-corrected chi connectivity index (χ4v) is 5.51. The Morgan fingerprint density at radius 1 is 1.00 bits per heavy atom. The van der Waals surface area contributed by atoms with Gasteiger partial charge in [-0.2, -0.15) is 0 Å². The minimum atomic E-state index is -0.355. The van der Waals surface area contributed by atoms with Gasteiger partial charge in [-0.25, -0.2) is 0 Å². The molecular weight excluding hydrogens is 339 g/mol. The van der Waals surface area contributed by atoms with E-state index in [-0.39, 0.29) is 35.8 Å². The van der Waals surface area contributed by atoms with Crippen molar-refractivity contribution in [2.45, 2.75) is 82.1 Å². The third-order valence-electron chi connectivity index (χ3n) is 7.72. The molecule has 4 nitrogen and oxygen atoms in total. The molecule has 2 aliphatic carbocycles. The van der Waals surface area contributed by atoms with Gasteiger partial charge in [-0.1, -0.05) is 24.3 Å². The van der Waals surface area contributed by atoms with Crippen molar-refractivity contribution >= 4 is 7.12 Å². The molecule has 0 unspecified atom stereocenters. The SMILES string of the molecule is CO[C@@H]1C[C@@H](OC)[C@@H]2CCc3ccccc3[C@@]2(B2OC(C)(C)C(C)(C)O2)C1. The quantitative estimate of drug-likeness (QED) is 0.753. The summed E-state index contributed by atoms with van der Waals surface area (Å²) in [6, 6.07) is 8.82. The molecule has 148 valence electrons. The van der Waals surface area contributed by atoms with Crippen molar-refractivity contribution in [3.8, 4) is 0 Å². The van der Waals surface area contributed by atoms with Crippen molar-refractivity contribution in [2.75, 3.05) is 14.2 Å². The molecular formula is C22H33BO4. The summed E-state index contributed by atoms with van der Waals surface area (Å²) in [4.78, 5) is 0. The molecule has 0 N–H and O–H groups in total. The molecule has 27 heavy (non-hydrogen) atoms. The number of benzene rings is 1. The molecule has 1 saturated heterocycles. The monoisotopic (exact) mass is 372 g/mol. The van der Waals surface area contributed by atoms with E-state index in [0.717, 1.165) is 25.7 Å². The molecule has 0 radical (unpaired) electrons. The van der Waals surface area contributed by atoms with Crippen molar-refractivity contribution in [2.24, 2.45) is 5.92 Å². The fraction of sp³-hybridized carbons (Fsp3) is 0.727. The van der Waals surface area contributed by atoms with Gasteiger partial charge < -0.3 is 18.8 Å². The summed E-state index contributed by atoms with van der Waals surface area (Å²) in [6.07, 6.45) is 4.30. The summed E-state index contributed by atoms with van der Waals surface area (Å²) < 4.78 is 25.2. The summed E-state index contributed by atoms with van der Waals surface area (Å²) >= 11 is 0. The molecule has 4 atom stereocenters. The van der Waals surface area contributed by atoms with Gasteiger partial charge in [0.1, 0.15) is 0 Å². The van der Waals surface area contributed by atoms with Crippen LogP contribution in [-0.2, 0) is 30.5 Å². The lowest BCUT2D eigenvalue weighted by Gasteiger charge is -2.53. The van der Waals surface area contributed by atoms with Crippen molar-refractivity contribution in [1.29, 1.82) is 0 Å². The van der Waals surface area contributed by atoms with E-state index in [4.69, 9.17) is 18.8 Å². The Morgan fingerprint density at radius 3 is 2.30 bits per heavy atom. The number of hydrogen-bond acceptors (Lipinski definition) is 4. The van der Waals surface area contributed by atoms with E-state index in [1.165, 1.54) is 11.1 Å². The van der Waals surface area contributed by atoms with E-state index in [1.54, 1.807) is 0 Å². The average molecular weight is 372 g/mol. The van der Waals surface area contributed by atoms with Gasteiger partial charge in [-0.3, -0.25) is 0 Å². The summed E-state index contributed by atoms with van der Waals surface area (Å²) in [5, 5.41) is -0.251. The third-order valence-corrected chi connectivity index (χ3v) is 7.72. The van der Waals surface area contributed by atoms with Gasteiger partial charge in [0.05, 0.1) is 23.4 Å². The number of aryl methyl sites for hydroxylation is 1. The minimum absolute atomic E-state index is 0.136. The first-order valence-corrected chi connectivity index (χ1v) is 10.2. The average Bonchev–Trinajstić information content (AvgIpc) is 2.88. The summed E-state index contributed by atoms with van der Waals surface area (Å²) in [5.74, 6) is 0.360. The number of rotatable bonds is 3. The van der Waals surface area contributed by atoms with Crippen LogP contribution in [0.4, 0.5) is 0 Å². The molecule has 2 fully saturated rings. The summed E-state index contributed by atoms with van der Waals surface area (Å²) in [7, 11) is 3.34. The largest absolute Gasteiger partial charge is 0.469 e. The Morgan fingerprint density at radius 2 is 1.67 bits per heavy atom. The Bertz CT molecular complexity index is 687. The lowest BCUT2D eigenvalue weighted by Crippen LogP contribution is -2.61. The highest BCUT2D eigenvalue weighted by Crippen LogP contribution is 2.56. The van der Waals surface area contributed by atoms with Crippen LogP contribution in [0.15, 0.2) is 24.3 Å². The van der Waals surface area contributed by atoms with Gasteiger partial charge in [-0.15, -0.1) is 0 Å². The maximum Gasteiger partial charge on any atom is 0.469 e. The second-order valence-electron chi connectivity index (χ2n) is 9.50. The van der Waals surface area contributed by atoms with Crippen LogP contribution in [0, 0.1) is 5.92 Å². The Hall–Kier alpha value is -0.875. The molecule has 1 saturated carbocycles. The van der Waals surface area contributed by atoms with Crippen molar-refractivity contribution in [3.05, 3.63) is 35.4 Å². The molecule has 1 aliphatic heterocycles. The van der Waals surface area contributed by atoms with E-state index in [0.29, 0.717) is 5.92 Å². The van der Waals surface area contributed by atoms with Crippen LogP contribution < -0.4 is 0 Å². The number of hydrogen-bond donors (Lipinski definition) is 0. The topological polar surface area (TPSA) is 36.9 Å². The molecule has 1 aromatic rings. The molecule has 0 spiro atoms. The molecule has 1 aromatic carbocycles. The highest BCUT2D eigenvalue weighted by molar-refractivity contribution is 6.50. The summed E-state index contributed by atoms with van der Waals surface area (Å²) in [5.41, 5.74) is 2.07. The number of methoxy groups -OCH3 is 2. The lowest BCUT2D eigenvalue weighted by atomic mass is 9.40. The molecule has 0 bridgehead atoms. The second kappa shape index (κ2) is 6.58. The third kappa shape index (κ3) is 2.81. The molecule has 4 rings (SSSR count). The van der Waals surface area contributed by atoms with E-state index in [1.807, 2.05) is 14.2 Å². The highest BCUT2D eigenvalue weighted by Gasteiger charge is 2.66. The van der Waals surface area contributed by atoms with Crippen LogP contribution in [0.3, 0.4) is 0 Å². The first kappa shape index (κ1) is 19.4. The lowest BCUT2D eigenvalue weighted by molar-refractivity contribution is -0.0736. The zero-order valence-corrected chi connectivity index (χ0v) is 17.6. The van der Waals surface area contributed by atoms with Crippen molar-refractivity contribution in [1.82, 2.24) is 0 Å². The maximum atomic E-state index is 6.67. The van der Waals surface area contributed by atoms with Crippen LogP contribution in [0.5, 0.6) is 0 Å². The molecule has 3 aliphatic rings. The van der Waals surface area contributed by atoms with Crippen molar-refractivity contribution < 1.29 is 18.8 Å². The van der Waals surface area contributed by atoms with Crippen molar-refractivity contribution in [3.63, 3.8) is 0 Å². The predicted octanol–water partition coefficient (Wildman–Crippen LogP) is 3.94. The minimum Gasteiger partial charge on any atom is -0.403 e. The Kier molecular flexibility index (Phi) is 4.74. The van der Waals surface area contributed by atoms with Gasteiger partial charge in [-0.05, 0) is 64.0 Å². The highest BCUT2D eigenvalue weighted by atomic mass is 16.7. The first-order valence-electron chi connectivity index (χ1n) is 10.2. The van der Waals surface area contributed by atoms with Crippen LogP contribution in [0.2, 0.25) is 0 Å². The Labute approximate surface area is 164 Å². The zero-order chi connectivity index (χ0) is 19.4. The van der Waals surface area contributed by atoms with Gasteiger partial charge in [0.15, 0.2) is 0 Å². The maximum absolute atomic E-state index is 6.67. The van der Waals surface area contributed by atoms with Gasteiger partial charge >= 0.3 is 7.12 Å². The molecule has 5 heteroatoms. The van der Waals surface area contributed by atoms with Crippen LogP contribution >= 0.6 is 0 Å². The smallest absolute Gasteiger partial charge is 0.403 e. The van der Waals surface area contributed by atoms with E-state index in [9.17, 15) is 0 Å².